The number of ether oxygens (including phenoxy) is 1. The molecular formula is C12H12ClNO3. The van der Waals surface area contributed by atoms with Crippen LogP contribution in [0.3, 0.4) is 0 Å². The molecule has 5 heteroatoms. The molecule has 1 amide bonds. The molecule has 1 fully saturated rings. The lowest BCUT2D eigenvalue weighted by atomic mass is 9.89. The summed E-state index contributed by atoms with van der Waals surface area (Å²) in [6.07, 6.45) is 0.506. The number of hydrogen-bond donors (Lipinski definition) is 1. The van der Waals surface area contributed by atoms with Gasteiger partial charge in [0.2, 0.25) is 5.91 Å². The van der Waals surface area contributed by atoms with Crippen LogP contribution in [0, 0.1) is 0 Å². The number of aldehydes is 1. The number of rotatable bonds is 3. The van der Waals surface area contributed by atoms with Crippen LogP contribution in [0.4, 0.5) is 0 Å². The number of carbonyl (C=O) groups excluding carboxylic acids is 2. The van der Waals surface area contributed by atoms with E-state index >= 15 is 0 Å². The summed E-state index contributed by atoms with van der Waals surface area (Å²) in [6, 6.07) is 7.18. The summed E-state index contributed by atoms with van der Waals surface area (Å²) in [6.45, 7) is 0.368. The number of halogens is 1. The van der Waals surface area contributed by atoms with Crippen LogP contribution in [0.5, 0.6) is 5.75 Å². The van der Waals surface area contributed by atoms with Crippen molar-refractivity contribution in [2.24, 2.45) is 0 Å². The van der Waals surface area contributed by atoms with Gasteiger partial charge in [0.1, 0.15) is 5.75 Å². The van der Waals surface area contributed by atoms with E-state index in [0.717, 1.165) is 11.3 Å². The van der Waals surface area contributed by atoms with E-state index in [9.17, 15) is 9.59 Å². The maximum absolute atomic E-state index is 11.5. The van der Waals surface area contributed by atoms with E-state index in [-0.39, 0.29) is 5.92 Å². The normalized spacial score (nSPS) is 27.6. The van der Waals surface area contributed by atoms with E-state index in [2.05, 4.69) is 5.32 Å². The van der Waals surface area contributed by atoms with E-state index in [1.807, 2.05) is 12.1 Å². The number of alkyl halides is 1. The van der Waals surface area contributed by atoms with Crippen LogP contribution in [0.25, 0.3) is 0 Å². The van der Waals surface area contributed by atoms with Crippen LogP contribution in [-0.2, 0) is 9.59 Å². The SMILES string of the molecule is COc1ccc(C2CNC(=O)C2(Cl)C=O)cc1. The minimum Gasteiger partial charge on any atom is -0.497 e. The van der Waals surface area contributed by atoms with E-state index in [1.54, 1.807) is 19.2 Å². The molecule has 0 saturated carbocycles. The molecule has 2 rings (SSSR count). The van der Waals surface area contributed by atoms with Gasteiger partial charge < -0.3 is 14.8 Å². The molecule has 1 heterocycles. The fourth-order valence-electron chi connectivity index (χ4n) is 1.97. The van der Waals surface area contributed by atoms with Crippen LogP contribution < -0.4 is 10.1 Å². The predicted octanol–water partition coefficient (Wildman–Crippen LogP) is 1.09. The highest BCUT2D eigenvalue weighted by Crippen LogP contribution is 2.37. The molecule has 0 radical (unpaired) electrons. The lowest BCUT2D eigenvalue weighted by Crippen LogP contribution is -2.37. The molecular weight excluding hydrogens is 242 g/mol. The topological polar surface area (TPSA) is 55.4 Å². The van der Waals surface area contributed by atoms with Crippen LogP contribution >= 0.6 is 11.6 Å². The first-order valence-corrected chi connectivity index (χ1v) is 5.57. The van der Waals surface area contributed by atoms with Gasteiger partial charge in [0, 0.05) is 12.5 Å². The van der Waals surface area contributed by atoms with Crippen molar-refractivity contribution in [3.05, 3.63) is 29.8 Å². The number of carbonyl (C=O) groups is 2. The third-order valence-corrected chi connectivity index (χ3v) is 3.54. The second kappa shape index (κ2) is 4.37. The summed E-state index contributed by atoms with van der Waals surface area (Å²) in [5.74, 6) is -0.0626. The van der Waals surface area contributed by atoms with Crippen LogP contribution in [0.15, 0.2) is 24.3 Å². The summed E-state index contributed by atoms with van der Waals surface area (Å²) in [5.41, 5.74) is 0.839. The maximum atomic E-state index is 11.5. The molecule has 1 aliphatic rings. The van der Waals surface area contributed by atoms with Crippen LogP contribution in [0.1, 0.15) is 11.5 Å². The number of nitrogens with one attached hydrogen (secondary N) is 1. The van der Waals surface area contributed by atoms with Gasteiger partial charge in [0.15, 0.2) is 11.2 Å². The molecule has 1 aromatic rings. The van der Waals surface area contributed by atoms with Crippen molar-refractivity contribution in [1.82, 2.24) is 5.32 Å². The number of methoxy groups -OCH3 is 1. The van der Waals surface area contributed by atoms with Gasteiger partial charge in [0.05, 0.1) is 7.11 Å². The van der Waals surface area contributed by atoms with Gasteiger partial charge in [0.25, 0.3) is 0 Å². The smallest absolute Gasteiger partial charge is 0.249 e. The highest BCUT2D eigenvalue weighted by molar-refractivity contribution is 6.44. The standard InChI is InChI=1S/C12H12ClNO3/c1-17-9-4-2-8(3-5-9)10-6-14-11(16)12(10,13)7-15/h2-5,7,10H,6H2,1H3,(H,14,16). The quantitative estimate of drug-likeness (QED) is 0.498. The van der Waals surface area contributed by atoms with Crippen molar-refractivity contribution in [3.63, 3.8) is 0 Å². The average Bonchev–Trinajstić information content (AvgIpc) is 2.67. The first-order valence-electron chi connectivity index (χ1n) is 5.19. The summed E-state index contributed by atoms with van der Waals surface area (Å²) >= 11 is 6.07. The molecule has 0 aromatic heterocycles. The Morgan fingerprint density at radius 1 is 1.47 bits per heavy atom. The van der Waals surface area contributed by atoms with Crippen molar-refractivity contribution in [2.75, 3.05) is 13.7 Å². The number of hydrogen-bond acceptors (Lipinski definition) is 3. The third-order valence-electron chi connectivity index (χ3n) is 3.01. The minimum atomic E-state index is -1.49. The van der Waals surface area contributed by atoms with Gasteiger partial charge in [-0.2, -0.15) is 0 Å². The number of benzene rings is 1. The Morgan fingerprint density at radius 3 is 2.65 bits per heavy atom. The summed E-state index contributed by atoms with van der Waals surface area (Å²) in [5, 5.41) is 2.60. The molecule has 1 aromatic carbocycles. The Labute approximate surface area is 104 Å². The van der Waals surface area contributed by atoms with Gasteiger partial charge in [-0.1, -0.05) is 23.7 Å². The number of amides is 1. The van der Waals surface area contributed by atoms with Gasteiger partial charge in [-0.3, -0.25) is 4.79 Å². The Bertz CT molecular complexity index is 446. The monoisotopic (exact) mass is 253 g/mol. The van der Waals surface area contributed by atoms with Crippen molar-refractivity contribution in [1.29, 1.82) is 0 Å². The van der Waals surface area contributed by atoms with Crippen molar-refractivity contribution >= 4 is 23.8 Å². The lowest BCUT2D eigenvalue weighted by Gasteiger charge is -2.19. The maximum Gasteiger partial charge on any atom is 0.249 e. The largest absolute Gasteiger partial charge is 0.497 e. The zero-order valence-electron chi connectivity index (χ0n) is 9.27. The van der Waals surface area contributed by atoms with Gasteiger partial charge in [-0.15, -0.1) is 0 Å². The van der Waals surface area contributed by atoms with Gasteiger partial charge >= 0.3 is 0 Å². The van der Waals surface area contributed by atoms with Crippen LogP contribution in [-0.4, -0.2) is 30.7 Å². The Kier molecular flexibility index (Phi) is 3.07. The van der Waals surface area contributed by atoms with E-state index in [1.165, 1.54) is 0 Å². The van der Waals surface area contributed by atoms with Crippen molar-refractivity contribution < 1.29 is 14.3 Å². The van der Waals surface area contributed by atoms with Crippen molar-refractivity contribution in [2.45, 2.75) is 10.8 Å². The molecule has 90 valence electrons. The van der Waals surface area contributed by atoms with Gasteiger partial charge in [-0.25, -0.2) is 0 Å². The minimum absolute atomic E-state index is 0.347. The van der Waals surface area contributed by atoms with Crippen LogP contribution in [0.2, 0.25) is 0 Å². The first kappa shape index (κ1) is 11.9. The molecule has 0 bridgehead atoms. The lowest BCUT2D eigenvalue weighted by molar-refractivity contribution is -0.125. The van der Waals surface area contributed by atoms with Gasteiger partial charge in [-0.05, 0) is 17.7 Å². The highest BCUT2D eigenvalue weighted by Gasteiger charge is 2.49. The molecule has 17 heavy (non-hydrogen) atoms. The summed E-state index contributed by atoms with van der Waals surface area (Å²) in [4.78, 5) is 21.1. The Hall–Kier alpha value is -1.55. The predicted molar refractivity (Wildman–Crippen MR) is 63.4 cm³/mol. The highest BCUT2D eigenvalue weighted by atomic mass is 35.5. The molecule has 1 N–H and O–H groups in total. The average molecular weight is 254 g/mol. The van der Waals surface area contributed by atoms with E-state index < -0.39 is 10.8 Å². The summed E-state index contributed by atoms with van der Waals surface area (Å²) in [7, 11) is 1.58. The van der Waals surface area contributed by atoms with E-state index in [0.29, 0.717) is 12.8 Å². The molecule has 0 aliphatic carbocycles. The molecule has 2 unspecified atom stereocenters. The van der Waals surface area contributed by atoms with Crippen molar-refractivity contribution in [3.8, 4) is 5.75 Å². The molecule has 2 atom stereocenters. The second-order valence-electron chi connectivity index (χ2n) is 3.92. The first-order chi connectivity index (χ1) is 8.11. The molecule has 0 spiro atoms. The Balaban J connectivity index is 2.33. The fourth-order valence-corrected chi connectivity index (χ4v) is 2.24. The molecule has 4 nitrogen and oxygen atoms in total. The Morgan fingerprint density at radius 2 is 2.12 bits per heavy atom. The third kappa shape index (κ3) is 1.89. The second-order valence-corrected chi connectivity index (χ2v) is 4.55. The fraction of sp³-hybridized carbons (Fsp3) is 0.333. The zero-order valence-corrected chi connectivity index (χ0v) is 10.0. The molecule has 1 saturated heterocycles. The molecule has 1 aliphatic heterocycles. The zero-order chi connectivity index (χ0) is 12.5. The van der Waals surface area contributed by atoms with E-state index in [4.69, 9.17) is 16.3 Å². The summed E-state index contributed by atoms with van der Waals surface area (Å²) < 4.78 is 5.05.